The summed E-state index contributed by atoms with van der Waals surface area (Å²) in [6.07, 6.45) is 8.33. The number of rotatable bonds is 26. The van der Waals surface area contributed by atoms with Crippen LogP contribution < -0.4 is 62.5 Å². The molecule has 17 aromatic rings. The molecule has 49 heteroatoms. The van der Waals surface area contributed by atoms with Gasteiger partial charge in [-0.3, -0.25) is 14.4 Å². The molecule has 144 heavy (non-hydrogen) atoms. The Morgan fingerprint density at radius 1 is 0.438 bits per heavy atom. The molecule has 0 saturated heterocycles. The number of nitrogens with one attached hydrogen (secondary N) is 7. The molecule has 9 heterocycles. The molecule has 3 radical (unpaired) electrons. The van der Waals surface area contributed by atoms with Gasteiger partial charge in [-0.25, -0.2) is 72.7 Å². The average molecular weight is 2200 g/mol. The summed E-state index contributed by atoms with van der Waals surface area (Å²) < 4.78 is 109. The minimum Gasteiger partial charge on any atom is -1.00 e. The van der Waals surface area contributed by atoms with Crippen molar-refractivity contribution in [2.45, 2.75) is 119 Å². The Morgan fingerprint density at radius 3 is 1.07 bits per heavy atom. The number of aryl methyl sites for hydroxylation is 4. The third kappa shape index (κ3) is 29.7. The summed E-state index contributed by atoms with van der Waals surface area (Å²) in [5.74, 6) is -7.24. The van der Waals surface area contributed by atoms with E-state index in [9.17, 15) is 49.5 Å². The zero-order valence-corrected chi connectivity index (χ0v) is 87.1. The third-order valence-electron chi connectivity index (χ3n) is 20.0. The van der Waals surface area contributed by atoms with Gasteiger partial charge < -0.3 is 58.5 Å². The summed E-state index contributed by atoms with van der Waals surface area (Å²) in [5, 5.41) is 42.0. The number of nitrogens with two attached hydrogens (primary N) is 2. The number of halogens is 16. The van der Waals surface area contributed by atoms with Crippen molar-refractivity contribution in [3.63, 3.8) is 0 Å². The second-order valence-corrected chi connectivity index (χ2v) is 36.9. The van der Waals surface area contributed by atoms with Crippen LogP contribution in [0.4, 0.5) is 57.9 Å². The van der Waals surface area contributed by atoms with Gasteiger partial charge in [0.15, 0.2) is 6.29 Å². The first-order chi connectivity index (χ1) is 68.1. The zero-order chi connectivity index (χ0) is 102. The molecule has 27 nitrogen and oxygen atoms in total. The first kappa shape index (κ1) is 114. The fourth-order valence-electron chi connectivity index (χ4n) is 13.0. The monoisotopic (exact) mass is 2190 g/mol. The maximum Gasteiger partial charge on any atom is 1.00 e. The van der Waals surface area contributed by atoms with Crippen molar-refractivity contribution in [1.82, 2.24) is 85.1 Å². The number of hydrogen-bond donors (Lipinski definition) is 9. The van der Waals surface area contributed by atoms with Gasteiger partial charge in [0.2, 0.25) is 5.91 Å². The number of nitrogens with zero attached hydrogens (tertiary/aromatic N) is 15. The van der Waals surface area contributed by atoms with E-state index in [-0.39, 0.29) is 100 Å². The summed E-state index contributed by atoms with van der Waals surface area (Å²) in [6, 6.07) is 37.1. The molecule has 0 fully saturated rings. The van der Waals surface area contributed by atoms with Gasteiger partial charge >= 0.3 is 29.6 Å². The maximum absolute atomic E-state index is 14.1. The number of fused-ring (bicyclic) bond motifs is 1. The van der Waals surface area contributed by atoms with E-state index in [1.807, 2.05) is 34.6 Å². The van der Waals surface area contributed by atoms with Crippen molar-refractivity contribution in [2.75, 3.05) is 21.7 Å². The minimum atomic E-state index is -1.06. The Hall–Kier alpha value is -12.3. The van der Waals surface area contributed by atoms with Crippen molar-refractivity contribution >= 4 is 189 Å². The van der Waals surface area contributed by atoms with E-state index in [4.69, 9.17) is 117 Å². The van der Waals surface area contributed by atoms with Gasteiger partial charge in [0.1, 0.15) is 96.0 Å². The summed E-state index contributed by atoms with van der Waals surface area (Å²) in [5.41, 5.74) is 22.8. The van der Waals surface area contributed by atoms with Gasteiger partial charge in [0.05, 0.1) is 120 Å². The molecular formula is C95H73BCl8F8N24NaO3S4. The van der Waals surface area contributed by atoms with Gasteiger partial charge in [-0.05, 0) is 173 Å². The molecule has 0 spiro atoms. The van der Waals surface area contributed by atoms with E-state index in [0.29, 0.717) is 117 Å². The van der Waals surface area contributed by atoms with E-state index >= 15 is 0 Å². The SMILES string of the molecule is CC.Cc1[nH]cnc1C=O.Cc1[nH]cnc1CNc1cc(Cl)c(-c2c(=O)ncn3nc(Sc4ccc(F)cc4F)ccc23)c(Cl)c1.Cc1[nH]cnc1CNc1cc(Cl)c(C(C(N)=O)c2ccc(Sc3ccc(F)cc3F)nn2)c(Cl)c1.[B].[C-]#[N+]C(c1ccc(Sc2ccc(F)cc2F)nn1)c1c(Cl)cc(N)cc1Cl.[C-]#[N+]C(c1ccc(Sc2ccc(F)cc2F)nn1)c1c(Cl)cc(NCc2nc[nH]c2C)cc1Cl.[H-].[Na+]. The number of anilines is 4. The molecule has 731 valence electrons. The fourth-order valence-corrected chi connectivity index (χ4v) is 18.8. The summed E-state index contributed by atoms with van der Waals surface area (Å²) >= 11 is 55.5. The number of carbonyl (C=O) groups is 2. The van der Waals surface area contributed by atoms with Gasteiger partial charge in [-0.15, -0.1) is 25.5 Å². The van der Waals surface area contributed by atoms with Gasteiger partial charge in [0, 0.05) is 119 Å². The second-order valence-electron chi connectivity index (χ2n) is 29.4. The maximum atomic E-state index is 14.1. The molecule has 9 aromatic heterocycles. The Balaban J connectivity index is 0.000000208. The molecule has 3 unspecified atom stereocenters. The molecule has 8 aromatic carbocycles. The Bertz CT molecular complexity index is 7510. The van der Waals surface area contributed by atoms with Gasteiger partial charge in [-0.1, -0.05) is 154 Å². The Labute approximate surface area is 899 Å². The van der Waals surface area contributed by atoms with E-state index in [0.717, 1.165) is 130 Å². The number of primary amides is 1. The number of aldehydes is 1. The van der Waals surface area contributed by atoms with E-state index in [1.54, 1.807) is 105 Å². The molecule has 0 saturated carbocycles. The molecule has 3 atom stereocenters. The Kier molecular flexibility index (Phi) is 42.2. The molecule has 0 aliphatic carbocycles. The molecule has 0 aliphatic heterocycles. The largest absolute Gasteiger partial charge is 1.00 e. The van der Waals surface area contributed by atoms with Crippen LogP contribution in [-0.2, 0) is 24.4 Å². The normalized spacial score (nSPS) is 11.2. The summed E-state index contributed by atoms with van der Waals surface area (Å²) in [4.78, 5) is 75.3. The van der Waals surface area contributed by atoms with Crippen LogP contribution in [0.5, 0.6) is 0 Å². The zero-order valence-electron chi connectivity index (χ0n) is 76.8. The number of aromatic amines is 4. The number of amides is 1. The average Bonchev–Trinajstić information content (AvgIpc) is 1.71. The predicted molar refractivity (Wildman–Crippen MR) is 543 cm³/mol. The van der Waals surface area contributed by atoms with Crippen molar-refractivity contribution < 1.29 is 75.7 Å². The number of nitrogen functional groups attached to an aromatic ring is 1. The molecule has 0 bridgehead atoms. The number of aromatic nitrogens is 17. The first-order valence-electron chi connectivity index (χ1n) is 41.4. The number of carbonyl (C=O) groups excluding carboxylic acids is 2. The van der Waals surface area contributed by atoms with Crippen molar-refractivity contribution in [1.29, 1.82) is 0 Å². The summed E-state index contributed by atoms with van der Waals surface area (Å²) in [6.45, 7) is 28.1. The van der Waals surface area contributed by atoms with Crippen LogP contribution in [0.3, 0.4) is 0 Å². The number of hydrogen-bond acceptors (Lipinski definition) is 23. The van der Waals surface area contributed by atoms with E-state index in [1.165, 1.54) is 71.8 Å². The Morgan fingerprint density at radius 2 is 0.764 bits per heavy atom. The standard InChI is InChI=1S/C24H16Cl2F2N6OS.C23H18Cl2F2N6OS.C23H16Cl2F2N6S.C18H10Cl2F2N4S.C5H6N2O.C2H6.B.Na.H/c1-12-18(31-10-30-12)9-29-14-7-15(25)22(16(26)8-14)23-19-3-5-21(33-34(19)11-32-24(23)35)36-20-4-2-13(27)6-17(20)28;1-11-18(31-10-30-11)9-29-13-7-14(24)21(15(25)8-13)22(23(28)34)17-3-5-20(33-32-17)35-19-4-2-12(26)6-16(19)27;1-12-19(31-11-30-12)10-29-14-8-15(24)22(16(25)9-14)23(28-2)18-4-6-21(33-32-18)34-20-5-3-13(26)7-17(20)27;1-24-18(17-11(19)7-10(23)8-12(17)20)14-3-5-16(26-25-14)27-15-4-2-9(21)6-13(15)22;1-4-5(2-8)7-3-6-4;1-2;;;/h2-8,10-11,29H,9H2,1H3,(H,30,31);2-8,10,22,29H,9H2,1H3,(H2,28,34)(H,30,31);3-9,11,23,29H,10H2,1H3,(H,30,31);2-8,18H,23H2;2-3H,1H3,(H,6,7);1-2H3;;;/q;;;;;;;+1;-1. The molecule has 0 aliphatic rings. The van der Waals surface area contributed by atoms with Crippen molar-refractivity contribution in [3.05, 3.63) is 401 Å². The quantitative estimate of drug-likeness (QED) is 0.00799. The van der Waals surface area contributed by atoms with Crippen LogP contribution >= 0.6 is 140 Å². The molecule has 11 N–H and O–H groups in total. The van der Waals surface area contributed by atoms with Crippen molar-refractivity contribution in [2.24, 2.45) is 5.73 Å². The van der Waals surface area contributed by atoms with Crippen LogP contribution in [0.15, 0.2) is 246 Å². The minimum absolute atomic E-state index is 0. The molecule has 1 amide bonds. The summed E-state index contributed by atoms with van der Waals surface area (Å²) in [7, 11) is 0. The first-order valence-corrected chi connectivity index (χ1v) is 47.7. The number of H-pyrrole nitrogens is 4. The third-order valence-corrected chi connectivity index (χ3v) is 26.3. The van der Waals surface area contributed by atoms with E-state index in [2.05, 4.69) is 106 Å². The van der Waals surface area contributed by atoms with Crippen LogP contribution in [0.2, 0.25) is 40.2 Å². The van der Waals surface area contributed by atoms with Crippen LogP contribution in [0.25, 0.3) is 26.3 Å². The van der Waals surface area contributed by atoms with Crippen LogP contribution in [0.1, 0.15) is 117 Å². The van der Waals surface area contributed by atoms with Gasteiger partial charge in [0.25, 0.3) is 17.6 Å². The molecular weight excluding hydrogens is 2120 g/mol. The smallest absolute Gasteiger partial charge is 1.00 e. The molecule has 17 rings (SSSR count). The topological polar surface area (TPSA) is 370 Å². The van der Waals surface area contributed by atoms with Crippen molar-refractivity contribution in [3.8, 4) is 11.1 Å². The van der Waals surface area contributed by atoms with Crippen LogP contribution in [-0.4, -0.2) is 106 Å². The van der Waals surface area contributed by atoms with Crippen LogP contribution in [0, 0.1) is 87.4 Å². The van der Waals surface area contributed by atoms with E-state index < -0.39 is 76.0 Å². The second kappa shape index (κ2) is 53.5. The number of benzene rings is 8. The van der Waals surface area contributed by atoms with Gasteiger partial charge in [-0.2, -0.15) is 15.2 Å². The fraction of sp³-hybridized carbons (Fsp3) is 0.126. The predicted octanol–water partition coefficient (Wildman–Crippen LogP) is 22.6. The number of imidazole rings is 4.